The summed E-state index contributed by atoms with van der Waals surface area (Å²) in [5.41, 5.74) is 0.373. The lowest BCUT2D eigenvalue weighted by atomic mass is 9.71. The van der Waals surface area contributed by atoms with Crippen LogP contribution in [-0.4, -0.2) is 10.5 Å². The summed E-state index contributed by atoms with van der Waals surface area (Å²) >= 11 is 5.53. The van der Waals surface area contributed by atoms with Gasteiger partial charge in [0.2, 0.25) is 0 Å². The highest BCUT2D eigenvalue weighted by molar-refractivity contribution is 7.80. The van der Waals surface area contributed by atoms with E-state index in [1.165, 1.54) is 0 Å². The summed E-state index contributed by atoms with van der Waals surface area (Å²) in [4.78, 5) is 1.02. The lowest BCUT2D eigenvalue weighted by Gasteiger charge is -2.38. The smallest absolute Gasteiger partial charge is 0.0797 e. The third kappa shape index (κ3) is 3.60. The van der Waals surface area contributed by atoms with E-state index in [0.29, 0.717) is 11.3 Å². The number of thiocarbonyl (C=S) groups is 1. The summed E-state index contributed by atoms with van der Waals surface area (Å²) in [5.74, 6) is 0.483. The Hall–Kier alpha value is -0.370. The first kappa shape index (κ1) is 12.7. The van der Waals surface area contributed by atoms with Gasteiger partial charge in [0.25, 0.3) is 0 Å². The minimum atomic E-state index is 0.0777. The highest BCUT2D eigenvalue weighted by Gasteiger charge is 2.33. The SMILES string of the molecule is CC(C)(C)NC(=S)C1CC=CCC1(C)C. The van der Waals surface area contributed by atoms with E-state index in [0.717, 1.165) is 17.8 Å². The third-order valence-electron chi connectivity index (χ3n) is 2.94. The number of hydrogen-bond donors (Lipinski definition) is 1. The molecule has 1 atom stereocenters. The van der Waals surface area contributed by atoms with E-state index < -0.39 is 0 Å². The zero-order valence-electron chi connectivity index (χ0n) is 10.6. The van der Waals surface area contributed by atoms with Crippen LogP contribution in [0.3, 0.4) is 0 Å². The number of nitrogens with one attached hydrogen (secondary N) is 1. The van der Waals surface area contributed by atoms with E-state index in [1.54, 1.807) is 0 Å². The van der Waals surface area contributed by atoms with Crippen LogP contribution in [0.2, 0.25) is 0 Å². The molecule has 0 fully saturated rings. The molecular formula is C13H23NS. The summed E-state index contributed by atoms with van der Waals surface area (Å²) in [6.45, 7) is 11.1. The van der Waals surface area contributed by atoms with Crippen molar-refractivity contribution in [1.29, 1.82) is 0 Å². The molecular weight excluding hydrogens is 202 g/mol. The number of rotatable bonds is 1. The Kier molecular flexibility index (Phi) is 3.59. The van der Waals surface area contributed by atoms with E-state index >= 15 is 0 Å². The summed E-state index contributed by atoms with van der Waals surface area (Å²) in [7, 11) is 0. The van der Waals surface area contributed by atoms with Crippen molar-refractivity contribution in [1.82, 2.24) is 5.32 Å². The molecule has 0 bridgehead atoms. The Labute approximate surface area is 99.3 Å². The van der Waals surface area contributed by atoms with Gasteiger partial charge >= 0.3 is 0 Å². The molecule has 0 aliphatic heterocycles. The third-order valence-corrected chi connectivity index (χ3v) is 3.33. The monoisotopic (exact) mass is 225 g/mol. The van der Waals surface area contributed by atoms with Gasteiger partial charge in [-0.2, -0.15) is 0 Å². The predicted octanol–water partition coefficient (Wildman–Crippen LogP) is 3.69. The lowest BCUT2D eigenvalue weighted by molar-refractivity contribution is 0.265. The molecule has 1 rings (SSSR count). The normalized spacial score (nSPS) is 25.0. The number of allylic oxidation sites excluding steroid dienone is 2. The molecule has 0 aromatic heterocycles. The standard InChI is InChI=1S/C13H23NS/c1-12(2,3)14-11(15)10-8-6-7-9-13(10,4)5/h6-7,10H,8-9H2,1-5H3,(H,14,15). The van der Waals surface area contributed by atoms with Crippen LogP contribution in [0.15, 0.2) is 12.2 Å². The van der Waals surface area contributed by atoms with Crippen LogP contribution >= 0.6 is 12.2 Å². The first-order chi connectivity index (χ1) is 6.72. The van der Waals surface area contributed by atoms with Gasteiger partial charge in [-0.05, 0) is 39.0 Å². The second-order valence-corrected chi connectivity index (χ2v) is 6.63. The molecule has 1 aliphatic rings. The highest BCUT2D eigenvalue weighted by atomic mass is 32.1. The second kappa shape index (κ2) is 4.25. The van der Waals surface area contributed by atoms with Crippen molar-refractivity contribution in [2.45, 2.75) is 53.0 Å². The Morgan fingerprint density at radius 2 is 1.93 bits per heavy atom. The molecule has 1 nitrogen and oxygen atoms in total. The summed E-state index contributed by atoms with van der Waals surface area (Å²) < 4.78 is 0. The molecule has 0 amide bonds. The molecule has 0 radical (unpaired) electrons. The predicted molar refractivity (Wildman–Crippen MR) is 71.1 cm³/mol. The van der Waals surface area contributed by atoms with Gasteiger partial charge in [0.05, 0.1) is 4.99 Å². The fraction of sp³-hybridized carbons (Fsp3) is 0.769. The van der Waals surface area contributed by atoms with Crippen molar-refractivity contribution in [2.24, 2.45) is 11.3 Å². The molecule has 0 saturated heterocycles. The van der Waals surface area contributed by atoms with Crippen molar-refractivity contribution in [3.63, 3.8) is 0 Å². The first-order valence-corrected chi connectivity index (χ1v) is 6.10. The topological polar surface area (TPSA) is 12.0 Å². The van der Waals surface area contributed by atoms with Gasteiger partial charge in [-0.25, -0.2) is 0 Å². The minimum Gasteiger partial charge on any atom is -0.375 e. The Morgan fingerprint density at radius 1 is 1.33 bits per heavy atom. The Bertz CT molecular complexity index is 271. The van der Waals surface area contributed by atoms with Crippen molar-refractivity contribution < 1.29 is 0 Å². The minimum absolute atomic E-state index is 0.0777. The van der Waals surface area contributed by atoms with Gasteiger partial charge in [-0.3, -0.25) is 0 Å². The molecule has 0 aromatic rings. The van der Waals surface area contributed by atoms with Gasteiger partial charge in [0, 0.05) is 11.5 Å². The largest absolute Gasteiger partial charge is 0.375 e. The van der Waals surface area contributed by atoms with Crippen molar-refractivity contribution >= 4 is 17.2 Å². The summed E-state index contributed by atoms with van der Waals surface area (Å²) in [6, 6.07) is 0. The second-order valence-electron chi connectivity index (χ2n) is 6.19. The van der Waals surface area contributed by atoms with Crippen molar-refractivity contribution in [3.05, 3.63) is 12.2 Å². The maximum Gasteiger partial charge on any atom is 0.0797 e. The number of hydrogen-bond acceptors (Lipinski definition) is 1. The van der Waals surface area contributed by atoms with E-state index in [1.807, 2.05) is 0 Å². The van der Waals surface area contributed by atoms with Gasteiger partial charge in [-0.1, -0.05) is 38.2 Å². The average Bonchev–Trinajstić information content (AvgIpc) is 1.99. The lowest BCUT2D eigenvalue weighted by Crippen LogP contribution is -2.46. The Morgan fingerprint density at radius 3 is 2.40 bits per heavy atom. The molecule has 1 aliphatic carbocycles. The quantitative estimate of drug-likeness (QED) is 0.539. The Balaban J connectivity index is 2.71. The van der Waals surface area contributed by atoms with E-state index in [-0.39, 0.29) is 5.54 Å². The highest BCUT2D eigenvalue weighted by Crippen LogP contribution is 2.38. The van der Waals surface area contributed by atoms with E-state index in [9.17, 15) is 0 Å². The summed E-state index contributed by atoms with van der Waals surface area (Å²) in [5, 5.41) is 3.44. The van der Waals surface area contributed by atoms with Crippen LogP contribution < -0.4 is 5.32 Å². The van der Waals surface area contributed by atoms with Crippen molar-refractivity contribution in [2.75, 3.05) is 0 Å². The molecule has 86 valence electrons. The van der Waals surface area contributed by atoms with E-state index in [4.69, 9.17) is 12.2 Å². The molecule has 15 heavy (non-hydrogen) atoms. The average molecular weight is 225 g/mol. The maximum atomic E-state index is 5.53. The summed E-state index contributed by atoms with van der Waals surface area (Å²) in [6.07, 6.45) is 6.74. The van der Waals surface area contributed by atoms with Gasteiger partial charge in [-0.15, -0.1) is 0 Å². The van der Waals surface area contributed by atoms with Crippen LogP contribution in [0.5, 0.6) is 0 Å². The van der Waals surface area contributed by atoms with Crippen LogP contribution in [0.4, 0.5) is 0 Å². The van der Waals surface area contributed by atoms with Crippen LogP contribution in [0.25, 0.3) is 0 Å². The first-order valence-electron chi connectivity index (χ1n) is 5.69. The van der Waals surface area contributed by atoms with Crippen LogP contribution in [0.1, 0.15) is 47.5 Å². The zero-order chi connectivity index (χ0) is 11.7. The van der Waals surface area contributed by atoms with Gasteiger partial charge < -0.3 is 5.32 Å². The van der Waals surface area contributed by atoms with Crippen molar-refractivity contribution in [3.8, 4) is 0 Å². The van der Waals surface area contributed by atoms with E-state index in [2.05, 4.69) is 52.1 Å². The molecule has 2 heteroatoms. The van der Waals surface area contributed by atoms with Crippen LogP contribution in [0, 0.1) is 11.3 Å². The molecule has 0 saturated carbocycles. The fourth-order valence-electron chi connectivity index (χ4n) is 2.00. The molecule has 1 unspecified atom stereocenters. The molecule has 0 aromatic carbocycles. The zero-order valence-corrected chi connectivity index (χ0v) is 11.4. The fourth-order valence-corrected chi connectivity index (χ4v) is 2.72. The van der Waals surface area contributed by atoms with Gasteiger partial charge in [0.1, 0.15) is 0 Å². The maximum absolute atomic E-state index is 5.53. The molecule has 1 N–H and O–H groups in total. The molecule has 0 spiro atoms. The van der Waals surface area contributed by atoms with Crippen LogP contribution in [-0.2, 0) is 0 Å². The molecule has 0 heterocycles. The van der Waals surface area contributed by atoms with Gasteiger partial charge in [0.15, 0.2) is 0 Å².